The Labute approximate surface area is 159 Å². The van der Waals surface area contributed by atoms with Gasteiger partial charge in [-0.2, -0.15) is 0 Å². The first kappa shape index (κ1) is 21.5. The molecule has 152 valence electrons. The van der Waals surface area contributed by atoms with Crippen molar-refractivity contribution in [2.45, 2.75) is 39.2 Å². The lowest BCUT2D eigenvalue weighted by atomic mass is 10.1. The Hall–Kier alpha value is -1.78. The minimum atomic E-state index is -3.32. The van der Waals surface area contributed by atoms with Crippen LogP contribution in [-0.4, -0.2) is 66.8 Å². The van der Waals surface area contributed by atoms with E-state index in [1.54, 1.807) is 20.9 Å². The Kier molecular flexibility index (Phi) is 7.12. The number of sulfonamides is 1. The van der Waals surface area contributed by atoms with Crippen LogP contribution in [0.3, 0.4) is 0 Å². The van der Waals surface area contributed by atoms with Crippen molar-refractivity contribution in [3.63, 3.8) is 0 Å². The lowest BCUT2D eigenvalue weighted by Crippen LogP contribution is -2.47. The number of rotatable bonds is 7. The fourth-order valence-electron chi connectivity index (χ4n) is 3.08. The second kappa shape index (κ2) is 8.94. The summed E-state index contributed by atoms with van der Waals surface area (Å²) in [6.07, 6.45) is 1.15. The molecule has 0 aliphatic carbocycles. The van der Waals surface area contributed by atoms with E-state index in [2.05, 4.69) is 10.3 Å². The number of hydrogen-bond donors (Lipinski definition) is 1. The Balaban J connectivity index is 1.91. The number of carbonyl (C=O) groups is 1. The minimum absolute atomic E-state index is 0.0339. The first-order valence-electron chi connectivity index (χ1n) is 8.95. The third-order valence-electron chi connectivity index (χ3n) is 4.93. The minimum Gasteiger partial charge on any atom is -0.384 e. The maximum Gasteiger partial charge on any atom is 0.256 e. The monoisotopic (exact) mass is 400 g/mol. The summed E-state index contributed by atoms with van der Waals surface area (Å²) in [6.45, 7) is 4.31. The molecule has 9 nitrogen and oxygen atoms in total. The van der Waals surface area contributed by atoms with E-state index in [4.69, 9.17) is 4.74 Å². The van der Waals surface area contributed by atoms with Crippen LogP contribution in [0.2, 0.25) is 0 Å². The number of aryl methyl sites for hydroxylation is 1. The third kappa shape index (κ3) is 5.36. The van der Waals surface area contributed by atoms with Crippen molar-refractivity contribution < 1.29 is 17.9 Å². The predicted octanol–water partition coefficient (Wildman–Crippen LogP) is -0.504. The van der Waals surface area contributed by atoms with E-state index < -0.39 is 10.0 Å². The van der Waals surface area contributed by atoms with E-state index in [9.17, 15) is 18.0 Å². The summed E-state index contributed by atoms with van der Waals surface area (Å²) < 4.78 is 32.1. The summed E-state index contributed by atoms with van der Waals surface area (Å²) in [5.41, 5.74) is 0.796. The van der Waals surface area contributed by atoms with Crippen LogP contribution in [0.4, 0.5) is 0 Å². The average molecular weight is 401 g/mol. The molecule has 27 heavy (non-hydrogen) atoms. The fourth-order valence-corrected chi connectivity index (χ4v) is 4.48. The van der Waals surface area contributed by atoms with Crippen molar-refractivity contribution in [1.82, 2.24) is 19.2 Å². The molecule has 0 atom stereocenters. The highest BCUT2D eigenvalue weighted by atomic mass is 32.2. The van der Waals surface area contributed by atoms with Gasteiger partial charge in [0.05, 0.1) is 24.5 Å². The highest BCUT2D eigenvalue weighted by molar-refractivity contribution is 7.89. The normalized spacial score (nSPS) is 16.4. The molecule has 1 fully saturated rings. The largest absolute Gasteiger partial charge is 0.384 e. The molecule has 10 heteroatoms. The molecule has 1 aliphatic heterocycles. The van der Waals surface area contributed by atoms with Crippen molar-refractivity contribution in [2.75, 3.05) is 32.6 Å². The van der Waals surface area contributed by atoms with Crippen LogP contribution in [0.25, 0.3) is 0 Å². The Morgan fingerprint density at radius 1 is 1.30 bits per heavy atom. The molecule has 0 aromatic carbocycles. The molecule has 1 N–H and O–H groups in total. The first-order valence-corrected chi connectivity index (χ1v) is 10.6. The Bertz CT molecular complexity index is 842. The van der Waals surface area contributed by atoms with E-state index >= 15 is 0 Å². The molecule has 2 rings (SSSR count). The molecule has 1 aliphatic rings. The van der Waals surface area contributed by atoms with Gasteiger partial charge >= 0.3 is 0 Å². The molecule has 2 heterocycles. The molecule has 0 spiro atoms. The molecule has 1 aromatic rings. The van der Waals surface area contributed by atoms with Gasteiger partial charge in [-0.1, -0.05) is 0 Å². The SMILES string of the molecule is COCCS(=O)(=O)N1CCC(NC(=O)Cc2nc(C)n(C)c(=O)c2C)CC1. The van der Waals surface area contributed by atoms with Crippen LogP contribution < -0.4 is 10.9 Å². The van der Waals surface area contributed by atoms with Gasteiger partial charge in [-0.3, -0.25) is 14.2 Å². The maximum atomic E-state index is 12.4. The standard InChI is InChI=1S/C17H28N4O5S/c1-12-15(18-13(2)20(3)17(12)23)11-16(22)19-14-5-7-21(8-6-14)27(24,25)10-9-26-4/h14H,5-11H2,1-4H3,(H,19,22). The Morgan fingerprint density at radius 3 is 2.52 bits per heavy atom. The van der Waals surface area contributed by atoms with Crippen molar-refractivity contribution >= 4 is 15.9 Å². The van der Waals surface area contributed by atoms with Crippen molar-refractivity contribution in [2.24, 2.45) is 7.05 Å². The van der Waals surface area contributed by atoms with Gasteiger partial charge < -0.3 is 10.1 Å². The van der Waals surface area contributed by atoms with Gasteiger partial charge in [0.15, 0.2) is 0 Å². The van der Waals surface area contributed by atoms with E-state index in [0.717, 1.165) is 0 Å². The second-order valence-corrected chi connectivity index (χ2v) is 8.91. The number of methoxy groups -OCH3 is 1. The van der Waals surface area contributed by atoms with Crippen LogP contribution >= 0.6 is 0 Å². The van der Waals surface area contributed by atoms with Gasteiger partial charge in [0.25, 0.3) is 5.56 Å². The molecule has 0 radical (unpaired) electrons. The van der Waals surface area contributed by atoms with Crippen LogP contribution in [0.5, 0.6) is 0 Å². The zero-order chi connectivity index (χ0) is 20.2. The zero-order valence-corrected chi connectivity index (χ0v) is 17.1. The van der Waals surface area contributed by atoms with Crippen molar-refractivity contribution in [3.05, 3.63) is 27.4 Å². The number of hydrogen-bond acceptors (Lipinski definition) is 6. The molecular formula is C17H28N4O5S. The maximum absolute atomic E-state index is 12.4. The summed E-state index contributed by atoms with van der Waals surface area (Å²) in [4.78, 5) is 28.8. The second-order valence-electron chi connectivity index (χ2n) is 6.82. The number of piperidine rings is 1. The third-order valence-corrected chi connectivity index (χ3v) is 6.76. The number of aromatic nitrogens is 2. The van der Waals surface area contributed by atoms with Crippen molar-refractivity contribution in [1.29, 1.82) is 0 Å². The quantitative estimate of drug-likeness (QED) is 0.660. The van der Waals surface area contributed by atoms with Gasteiger partial charge in [0.2, 0.25) is 15.9 Å². The van der Waals surface area contributed by atoms with E-state index in [-0.39, 0.29) is 36.3 Å². The van der Waals surface area contributed by atoms with Gasteiger partial charge in [-0.25, -0.2) is 17.7 Å². The summed E-state index contributed by atoms with van der Waals surface area (Å²) >= 11 is 0. The molecule has 1 aromatic heterocycles. The van der Waals surface area contributed by atoms with Crippen LogP contribution in [0.1, 0.15) is 29.9 Å². The number of amides is 1. The van der Waals surface area contributed by atoms with Gasteiger partial charge in [-0.05, 0) is 26.7 Å². The first-order chi connectivity index (χ1) is 12.7. The smallest absolute Gasteiger partial charge is 0.256 e. The molecule has 1 amide bonds. The van der Waals surface area contributed by atoms with Gasteiger partial charge in [-0.15, -0.1) is 0 Å². The molecule has 1 saturated heterocycles. The van der Waals surface area contributed by atoms with Crippen molar-refractivity contribution in [3.8, 4) is 0 Å². The summed E-state index contributed by atoms with van der Waals surface area (Å²) in [5, 5.41) is 2.93. The summed E-state index contributed by atoms with van der Waals surface area (Å²) in [6, 6.07) is -0.0840. The lowest BCUT2D eigenvalue weighted by molar-refractivity contribution is -0.121. The topological polar surface area (TPSA) is 111 Å². The highest BCUT2D eigenvalue weighted by Crippen LogP contribution is 2.15. The average Bonchev–Trinajstić information content (AvgIpc) is 2.63. The lowest BCUT2D eigenvalue weighted by Gasteiger charge is -2.31. The number of ether oxygens (including phenoxy) is 1. The van der Waals surface area contributed by atoms with Crippen LogP contribution in [0.15, 0.2) is 4.79 Å². The van der Waals surface area contributed by atoms with Crippen LogP contribution in [0, 0.1) is 13.8 Å². The van der Waals surface area contributed by atoms with E-state index in [1.165, 1.54) is 16.0 Å². The number of nitrogens with one attached hydrogen (secondary N) is 1. The zero-order valence-electron chi connectivity index (χ0n) is 16.3. The molecule has 0 unspecified atom stereocenters. The van der Waals surface area contributed by atoms with E-state index in [1.807, 2.05) is 0 Å². The highest BCUT2D eigenvalue weighted by Gasteiger charge is 2.28. The van der Waals surface area contributed by atoms with E-state index in [0.29, 0.717) is 43.0 Å². The molecule has 0 saturated carbocycles. The van der Waals surface area contributed by atoms with Gasteiger partial charge in [0.1, 0.15) is 5.82 Å². The number of carbonyl (C=O) groups excluding carboxylic acids is 1. The molecular weight excluding hydrogens is 372 g/mol. The Morgan fingerprint density at radius 2 is 1.93 bits per heavy atom. The molecule has 0 bridgehead atoms. The van der Waals surface area contributed by atoms with Gasteiger partial charge in [0, 0.05) is 38.9 Å². The number of nitrogens with zero attached hydrogens (tertiary/aromatic N) is 3. The van der Waals surface area contributed by atoms with Crippen LogP contribution in [-0.2, 0) is 33.0 Å². The summed E-state index contributed by atoms with van der Waals surface area (Å²) in [7, 11) is -0.198. The predicted molar refractivity (Wildman–Crippen MR) is 101 cm³/mol. The summed E-state index contributed by atoms with van der Waals surface area (Å²) in [5.74, 6) is 0.315. The fraction of sp³-hybridized carbons (Fsp3) is 0.706.